The van der Waals surface area contributed by atoms with E-state index in [0.717, 1.165) is 55.4 Å². The Balaban J connectivity index is 1.30. The van der Waals surface area contributed by atoms with Gasteiger partial charge in [0.2, 0.25) is 5.88 Å². The number of nitrogens with zero attached hydrogens (tertiary/aromatic N) is 4. The SMILES string of the molecule is COc1nn(-c2cc(Oc3ccc4c5ccccc5n(-c5cc(F)ccn5)c4c3)cc(C(C)(C)C)c2)c(-c2ccccc2)c1-c1ccccc1. The van der Waals surface area contributed by atoms with E-state index in [4.69, 9.17) is 14.6 Å². The summed E-state index contributed by atoms with van der Waals surface area (Å²) in [6.07, 6.45) is 1.49. The molecule has 0 spiro atoms. The zero-order chi connectivity index (χ0) is 34.4. The standard InChI is InChI=1S/C43H35FN4O2/c1-43(2,3)30-23-32(48-41(29-15-9-6-10-16-29)40(42(46-48)49-4)28-13-7-5-8-14-28)26-34(24-30)50-33-19-20-36-35-17-11-12-18-37(35)47(38(36)27-33)39-25-31(44)21-22-45-39/h5-27H,1-4H3. The zero-order valence-electron chi connectivity index (χ0n) is 28.3. The Morgan fingerprint density at radius 2 is 1.36 bits per heavy atom. The van der Waals surface area contributed by atoms with Gasteiger partial charge in [-0.25, -0.2) is 14.1 Å². The van der Waals surface area contributed by atoms with Crippen molar-refractivity contribution in [1.29, 1.82) is 0 Å². The number of ether oxygens (including phenoxy) is 2. The molecule has 6 nitrogen and oxygen atoms in total. The summed E-state index contributed by atoms with van der Waals surface area (Å²) >= 11 is 0. The van der Waals surface area contributed by atoms with Crippen molar-refractivity contribution in [2.45, 2.75) is 26.2 Å². The van der Waals surface area contributed by atoms with Crippen LogP contribution in [-0.2, 0) is 5.41 Å². The average molecular weight is 659 g/mol. The molecule has 0 saturated heterocycles. The molecule has 0 bridgehead atoms. The minimum absolute atomic E-state index is 0.194. The van der Waals surface area contributed by atoms with Gasteiger partial charge in [0.05, 0.1) is 35.1 Å². The summed E-state index contributed by atoms with van der Waals surface area (Å²) in [5, 5.41) is 7.11. The third-order valence-corrected chi connectivity index (χ3v) is 8.98. The molecule has 8 rings (SSSR count). The fourth-order valence-corrected chi connectivity index (χ4v) is 6.57. The van der Waals surface area contributed by atoms with Gasteiger partial charge in [-0.05, 0) is 52.9 Å². The molecule has 0 aliphatic heterocycles. The summed E-state index contributed by atoms with van der Waals surface area (Å²) in [6, 6.07) is 43.6. The lowest BCUT2D eigenvalue weighted by atomic mass is 9.86. The molecule has 50 heavy (non-hydrogen) atoms. The third kappa shape index (κ3) is 5.56. The number of halogens is 1. The second-order valence-corrected chi connectivity index (χ2v) is 13.3. The maximum absolute atomic E-state index is 14.4. The average Bonchev–Trinajstić information content (AvgIpc) is 3.68. The Kier molecular flexibility index (Phi) is 7.68. The van der Waals surface area contributed by atoms with Gasteiger partial charge >= 0.3 is 0 Å². The number of aromatic nitrogens is 4. The Hall–Kier alpha value is -6.21. The predicted molar refractivity (Wildman–Crippen MR) is 198 cm³/mol. The van der Waals surface area contributed by atoms with Gasteiger partial charge in [-0.2, -0.15) is 0 Å². The highest BCUT2D eigenvalue weighted by Gasteiger charge is 2.25. The van der Waals surface area contributed by atoms with Crippen molar-refractivity contribution in [2.24, 2.45) is 0 Å². The fourth-order valence-electron chi connectivity index (χ4n) is 6.57. The van der Waals surface area contributed by atoms with Gasteiger partial charge in [-0.3, -0.25) is 4.57 Å². The molecular formula is C43H35FN4O2. The van der Waals surface area contributed by atoms with Crippen molar-refractivity contribution >= 4 is 21.8 Å². The molecule has 0 amide bonds. The Morgan fingerprint density at radius 3 is 2.08 bits per heavy atom. The molecule has 8 aromatic rings. The molecule has 7 heteroatoms. The van der Waals surface area contributed by atoms with Gasteiger partial charge in [-0.15, -0.1) is 5.10 Å². The summed E-state index contributed by atoms with van der Waals surface area (Å²) in [5.41, 5.74) is 7.37. The lowest BCUT2D eigenvalue weighted by Gasteiger charge is -2.22. The molecule has 0 aliphatic rings. The summed E-state index contributed by atoms with van der Waals surface area (Å²) in [6.45, 7) is 6.55. The normalized spacial score (nSPS) is 11.7. The Morgan fingerprint density at radius 1 is 0.660 bits per heavy atom. The molecule has 0 unspecified atom stereocenters. The quantitative estimate of drug-likeness (QED) is 0.171. The van der Waals surface area contributed by atoms with Crippen LogP contribution in [0.5, 0.6) is 17.4 Å². The van der Waals surface area contributed by atoms with Crippen molar-refractivity contribution in [3.63, 3.8) is 0 Å². The van der Waals surface area contributed by atoms with Crippen LogP contribution < -0.4 is 9.47 Å². The highest BCUT2D eigenvalue weighted by Crippen LogP contribution is 2.42. The topological polar surface area (TPSA) is 54.1 Å². The molecule has 3 heterocycles. The number of hydrogen-bond donors (Lipinski definition) is 0. The number of hydrogen-bond acceptors (Lipinski definition) is 4. The second kappa shape index (κ2) is 12.3. The molecule has 5 aromatic carbocycles. The number of fused-ring (bicyclic) bond motifs is 3. The Bertz CT molecular complexity index is 2500. The van der Waals surface area contributed by atoms with Crippen molar-refractivity contribution < 1.29 is 13.9 Å². The summed E-state index contributed by atoms with van der Waals surface area (Å²) in [5.74, 6) is 1.98. The Labute approximate surface area is 290 Å². The predicted octanol–water partition coefficient (Wildman–Crippen LogP) is 10.9. The number of methoxy groups -OCH3 is 1. The van der Waals surface area contributed by atoms with Crippen LogP contribution in [0, 0.1) is 5.82 Å². The van der Waals surface area contributed by atoms with Crippen molar-refractivity contribution in [2.75, 3.05) is 7.11 Å². The summed E-state index contributed by atoms with van der Waals surface area (Å²) < 4.78 is 31.0. The molecular weight excluding hydrogens is 623 g/mol. The van der Waals surface area contributed by atoms with Crippen LogP contribution in [0.2, 0.25) is 0 Å². The van der Waals surface area contributed by atoms with E-state index in [-0.39, 0.29) is 11.2 Å². The van der Waals surface area contributed by atoms with Crippen LogP contribution in [0.3, 0.4) is 0 Å². The van der Waals surface area contributed by atoms with Crippen LogP contribution >= 0.6 is 0 Å². The van der Waals surface area contributed by atoms with E-state index in [1.54, 1.807) is 7.11 Å². The summed E-state index contributed by atoms with van der Waals surface area (Å²) in [7, 11) is 1.66. The van der Waals surface area contributed by atoms with Gasteiger partial charge in [0, 0.05) is 40.7 Å². The molecule has 0 aliphatic carbocycles. The monoisotopic (exact) mass is 658 g/mol. The molecule has 0 radical (unpaired) electrons. The first-order chi connectivity index (χ1) is 24.3. The largest absolute Gasteiger partial charge is 0.479 e. The number of pyridine rings is 1. The molecule has 3 aromatic heterocycles. The van der Waals surface area contributed by atoms with Gasteiger partial charge in [0.25, 0.3) is 0 Å². The van der Waals surface area contributed by atoms with E-state index in [9.17, 15) is 4.39 Å². The van der Waals surface area contributed by atoms with Crippen molar-refractivity contribution in [3.8, 4) is 51.3 Å². The van der Waals surface area contributed by atoms with E-state index in [0.29, 0.717) is 23.2 Å². The highest BCUT2D eigenvalue weighted by molar-refractivity contribution is 6.09. The van der Waals surface area contributed by atoms with Gasteiger partial charge < -0.3 is 9.47 Å². The first kappa shape index (κ1) is 31.1. The lowest BCUT2D eigenvalue weighted by Crippen LogP contribution is -2.12. The van der Waals surface area contributed by atoms with Crippen LogP contribution in [-0.4, -0.2) is 26.4 Å². The summed E-state index contributed by atoms with van der Waals surface area (Å²) in [4.78, 5) is 4.51. The van der Waals surface area contributed by atoms with Crippen LogP contribution in [0.4, 0.5) is 4.39 Å². The number of para-hydroxylation sites is 1. The fraction of sp³-hybridized carbons (Fsp3) is 0.116. The maximum atomic E-state index is 14.4. The van der Waals surface area contributed by atoms with E-state index in [1.807, 2.05) is 82.0 Å². The van der Waals surface area contributed by atoms with Gasteiger partial charge in [-0.1, -0.05) is 99.6 Å². The minimum atomic E-state index is -0.347. The van der Waals surface area contributed by atoms with E-state index in [2.05, 4.69) is 74.3 Å². The lowest BCUT2D eigenvalue weighted by molar-refractivity contribution is 0.395. The van der Waals surface area contributed by atoms with Gasteiger partial charge in [0.1, 0.15) is 23.1 Å². The van der Waals surface area contributed by atoms with E-state index < -0.39 is 0 Å². The third-order valence-electron chi connectivity index (χ3n) is 8.98. The van der Waals surface area contributed by atoms with Crippen LogP contribution in [0.15, 0.2) is 140 Å². The molecule has 0 atom stereocenters. The molecule has 0 N–H and O–H groups in total. The smallest absolute Gasteiger partial charge is 0.241 e. The van der Waals surface area contributed by atoms with Gasteiger partial charge in [0.15, 0.2) is 0 Å². The van der Waals surface area contributed by atoms with Crippen molar-refractivity contribution in [3.05, 3.63) is 151 Å². The highest BCUT2D eigenvalue weighted by atomic mass is 19.1. The first-order valence-corrected chi connectivity index (χ1v) is 16.6. The van der Waals surface area contributed by atoms with Crippen molar-refractivity contribution in [1.82, 2.24) is 19.3 Å². The van der Waals surface area contributed by atoms with Crippen LogP contribution in [0.25, 0.3) is 55.7 Å². The number of benzene rings is 5. The molecule has 246 valence electrons. The second-order valence-electron chi connectivity index (χ2n) is 13.3. The molecule has 0 fully saturated rings. The van der Waals surface area contributed by atoms with E-state index >= 15 is 0 Å². The van der Waals surface area contributed by atoms with Crippen LogP contribution in [0.1, 0.15) is 26.3 Å². The van der Waals surface area contributed by atoms with E-state index in [1.165, 1.54) is 18.3 Å². The number of rotatable bonds is 7. The first-order valence-electron chi connectivity index (χ1n) is 16.6. The molecule has 0 saturated carbocycles. The zero-order valence-corrected chi connectivity index (χ0v) is 28.3. The maximum Gasteiger partial charge on any atom is 0.241 e. The minimum Gasteiger partial charge on any atom is -0.479 e.